The van der Waals surface area contributed by atoms with Gasteiger partial charge in [-0.1, -0.05) is 23.2 Å². The summed E-state index contributed by atoms with van der Waals surface area (Å²) in [5.41, 5.74) is 0.827. The van der Waals surface area contributed by atoms with E-state index in [2.05, 4.69) is 15.6 Å². The number of thiazole rings is 1. The molecule has 0 aliphatic carbocycles. The Bertz CT molecular complexity index is 1010. The molecule has 2 N–H and O–H groups in total. The Kier molecular flexibility index (Phi) is 6.75. The summed E-state index contributed by atoms with van der Waals surface area (Å²) in [6, 6.07) is 5.54. The van der Waals surface area contributed by atoms with Crippen molar-refractivity contribution in [2.45, 2.75) is 24.9 Å². The minimum absolute atomic E-state index is 0.0994. The number of carbonyl (C=O) groups is 2. The first-order valence-electron chi connectivity index (χ1n) is 8.67. The molecule has 0 radical (unpaired) electrons. The number of nitrogens with one attached hydrogen (secondary N) is 2. The Balaban J connectivity index is 1.52. The molecule has 0 unspecified atom stereocenters. The monoisotopic (exact) mass is 473 g/mol. The minimum Gasteiger partial charge on any atom is -0.378 e. The van der Waals surface area contributed by atoms with Crippen LogP contribution in [0.5, 0.6) is 0 Å². The SMILES string of the molecule is N#C[C@@H]1CC(F)(F)CN1C(=O)CNC(=O)c1csc(CNc2ccc(Cl)c(Cl)c2)n1. The fraction of sp³-hybridized carbons (Fsp3) is 0.333. The maximum atomic E-state index is 13.4. The number of likely N-dealkylation sites (tertiary alicyclic amines) is 1. The van der Waals surface area contributed by atoms with Crippen LogP contribution in [0, 0.1) is 11.3 Å². The highest BCUT2D eigenvalue weighted by Gasteiger charge is 2.47. The molecule has 1 saturated heterocycles. The predicted molar refractivity (Wildman–Crippen MR) is 109 cm³/mol. The van der Waals surface area contributed by atoms with Crippen LogP contribution in [0.4, 0.5) is 14.5 Å². The van der Waals surface area contributed by atoms with Crippen LogP contribution in [0.3, 0.4) is 0 Å². The third-order valence-electron chi connectivity index (χ3n) is 4.29. The number of halogens is 4. The van der Waals surface area contributed by atoms with Gasteiger partial charge >= 0.3 is 0 Å². The van der Waals surface area contributed by atoms with Gasteiger partial charge in [-0.2, -0.15) is 5.26 Å². The number of hydrogen-bond donors (Lipinski definition) is 2. The Labute approximate surface area is 184 Å². The van der Waals surface area contributed by atoms with E-state index < -0.39 is 43.3 Å². The summed E-state index contributed by atoms with van der Waals surface area (Å²) >= 11 is 13.1. The molecule has 158 valence electrons. The van der Waals surface area contributed by atoms with Crippen LogP contribution in [-0.4, -0.2) is 46.8 Å². The van der Waals surface area contributed by atoms with Gasteiger partial charge in [0.15, 0.2) is 0 Å². The standard InChI is InChI=1S/C18H15Cl2F2N5O2S/c19-12-2-1-10(3-13(12)20)24-6-15-26-14(8-30-15)17(29)25-7-16(28)27-9-18(21,22)4-11(27)5-23/h1-3,8,11,24H,4,6-7,9H2,(H,25,29)/t11-/m0/s1. The summed E-state index contributed by atoms with van der Waals surface area (Å²) in [5, 5.41) is 17.4. The van der Waals surface area contributed by atoms with Crippen molar-refractivity contribution < 1.29 is 18.4 Å². The molecule has 3 rings (SSSR count). The molecular formula is C18H15Cl2F2N5O2S. The lowest BCUT2D eigenvalue weighted by Gasteiger charge is -2.19. The van der Waals surface area contributed by atoms with E-state index >= 15 is 0 Å². The zero-order valence-corrected chi connectivity index (χ0v) is 17.6. The van der Waals surface area contributed by atoms with E-state index in [0.717, 1.165) is 10.6 Å². The molecule has 1 aliphatic rings. The lowest BCUT2D eigenvalue weighted by atomic mass is 10.2. The van der Waals surface area contributed by atoms with Crippen molar-refractivity contribution >= 4 is 52.0 Å². The third kappa shape index (κ3) is 5.36. The number of hydrogen-bond acceptors (Lipinski definition) is 6. The molecule has 1 aliphatic heterocycles. The summed E-state index contributed by atoms with van der Waals surface area (Å²) < 4.78 is 26.9. The smallest absolute Gasteiger partial charge is 0.271 e. The number of benzene rings is 1. The highest BCUT2D eigenvalue weighted by molar-refractivity contribution is 7.09. The summed E-state index contributed by atoms with van der Waals surface area (Å²) in [6.45, 7) is -0.996. The van der Waals surface area contributed by atoms with Crippen molar-refractivity contribution in [2.24, 2.45) is 0 Å². The van der Waals surface area contributed by atoms with E-state index in [4.69, 9.17) is 28.5 Å². The summed E-state index contributed by atoms with van der Waals surface area (Å²) in [5.74, 6) is -4.46. The van der Waals surface area contributed by atoms with Gasteiger partial charge in [0.2, 0.25) is 5.91 Å². The predicted octanol–water partition coefficient (Wildman–Crippen LogP) is 3.55. The van der Waals surface area contributed by atoms with Gasteiger partial charge in [0.1, 0.15) is 16.7 Å². The Morgan fingerprint density at radius 2 is 2.13 bits per heavy atom. The second-order valence-corrected chi connectivity index (χ2v) is 8.28. The van der Waals surface area contributed by atoms with Gasteiger partial charge in [0.25, 0.3) is 11.8 Å². The van der Waals surface area contributed by atoms with Gasteiger partial charge in [-0.25, -0.2) is 13.8 Å². The molecule has 0 spiro atoms. The number of nitriles is 1. The van der Waals surface area contributed by atoms with Crippen molar-refractivity contribution in [3.8, 4) is 6.07 Å². The van der Waals surface area contributed by atoms with Gasteiger partial charge < -0.3 is 15.5 Å². The van der Waals surface area contributed by atoms with E-state index in [1.54, 1.807) is 24.3 Å². The molecule has 2 amide bonds. The van der Waals surface area contributed by atoms with Crippen LogP contribution in [0.15, 0.2) is 23.6 Å². The Hall–Kier alpha value is -2.48. The van der Waals surface area contributed by atoms with E-state index in [1.807, 2.05) is 0 Å². The lowest BCUT2D eigenvalue weighted by molar-refractivity contribution is -0.131. The fourth-order valence-corrected chi connectivity index (χ4v) is 3.83. The van der Waals surface area contributed by atoms with Crippen LogP contribution in [0.1, 0.15) is 21.9 Å². The van der Waals surface area contributed by atoms with Crippen molar-refractivity contribution in [1.29, 1.82) is 5.26 Å². The van der Waals surface area contributed by atoms with E-state index in [9.17, 15) is 18.4 Å². The molecule has 0 bridgehead atoms. The average Bonchev–Trinajstić information content (AvgIpc) is 3.30. The molecule has 2 aromatic rings. The Morgan fingerprint density at radius 3 is 2.83 bits per heavy atom. The highest BCUT2D eigenvalue weighted by Crippen LogP contribution is 2.31. The van der Waals surface area contributed by atoms with Crippen molar-refractivity contribution in [3.05, 3.63) is 44.3 Å². The van der Waals surface area contributed by atoms with Gasteiger partial charge in [0, 0.05) is 17.5 Å². The van der Waals surface area contributed by atoms with Gasteiger partial charge in [-0.3, -0.25) is 9.59 Å². The first-order valence-corrected chi connectivity index (χ1v) is 10.3. The topological polar surface area (TPSA) is 98.1 Å². The number of amides is 2. The normalized spacial score (nSPS) is 17.4. The average molecular weight is 474 g/mol. The zero-order chi connectivity index (χ0) is 21.9. The molecule has 1 aromatic carbocycles. The maximum absolute atomic E-state index is 13.4. The van der Waals surface area contributed by atoms with E-state index in [-0.39, 0.29) is 5.69 Å². The summed E-state index contributed by atoms with van der Waals surface area (Å²) in [4.78, 5) is 29.3. The molecular weight excluding hydrogens is 459 g/mol. The van der Waals surface area contributed by atoms with Crippen LogP contribution in [-0.2, 0) is 11.3 Å². The van der Waals surface area contributed by atoms with Crippen molar-refractivity contribution in [2.75, 3.05) is 18.4 Å². The van der Waals surface area contributed by atoms with E-state index in [0.29, 0.717) is 21.6 Å². The van der Waals surface area contributed by atoms with Gasteiger partial charge in [0.05, 0.1) is 35.7 Å². The molecule has 7 nitrogen and oxygen atoms in total. The minimum atomic E-state index is -3.11. The lowest BCUT2D eigenvalue weighted by Crippen LogP contribution is -2.43. The number of carbonyl (C=O) groups excluding carboxylic acids is 2. The first kappa shape index (κ1) is 22.2. The molecule has 1 fully saturated rings. The number of rotatable bonds is 6. The third-order valence-corrected chi connectivity index (χ3v) is 5.87. The fourth-order valence-electron chi connectivity index (χ4n) is 2.82. The zero-order valence-electron chi connectivity index (χ0n) is 15.3. The summed E-state index contributed by atoms with van der Waals surface area (Å²) in [6.07, 6.45) is -0.704. The molecule has 0 saturated carbocycles. The van der Waals surface area contributed by atoms with Gasteiger partial charge in [-0.05, 0) is 18.2 Å². The highest BCUT2D eigenvalue weighted by atomic mass is 35.5. The number of nitrogens with zero attached hydrogens (tertiary/aromatic N) is 3. The summed E-state index contributed by atoms with van der Waals surface area (Å²) in [7, 11) is 0. The van der Waals surface area contributed by atoms with Gasteiger partial charge in [-0.15, -0.1) is 11.3 Å². The molecule has 12 heteroatoms. The Morgan fingerprint density at radius 1 is 1.37 bits per heavy atom. The quantitative estimate of drug-likeness (QED) is 0.668. The van der Waals surface area contributed by atoms with Crippen LogP contribution in [0.2, 0.25) is 10.0 Å². The van der Waals surface area contributed by atoms with E-state index in [1.165, 1.54) is 16.7 Å². The number of aromatic nitrogens is 1. The second-order valence-electron chi connectivity index (χ2n) is 6.52. The largest absolute Gasteiger partial charge is 0.378 e. The molecule has 2 heterocycles. The number of anilines is 1. The van der Waals surface area contributed by atoms with Crippen LogP contribution >= 0.6 is 34.5 Å². The molecule has 30 heavy (non-hydrogen) atoms. The molecule has 1 atom stereocenters. The molecule has 1 aromatic heterocycles. The second kappa shape index (κ2) is 9.12. The maximum Gasteiger partial charge on any atom is 0.271 e. The van der Waals surface area contributed by atoms with Crippen LogP contribution < -0.4 is 10.6 Å². The first-order chi connectivity index (χ1) is 14.2. The van der Waals surface area contributed by atoms with Crippen LogP contribution in [0.25, 0.3) is 0 Å². The number of alkyl halides is 2. The van der Waals surface area contributed by atoms with Crippen molar-refractivity contribution in [1.82, 2.24) is 15.2 Å². The van der Waals surface area contributed by atoms with Crippen molar-refractivity contribution in [3.63, 3.8) is 0 Å².